The minimum Gasteiger partial charge on any atom is -0.464 e. The lowest BCUT2D eigenvalue weighted by molar-refractivity contribution is -0.164. The average molecular weight is 259 g/mol. The van der Waals surface area contributed by atoms with Crippen LogP contribution in [0.5, 0.6) is 0 Å². The number of ether oxygens (including phenoxy) is 3. The summed E-state index contributed by atoms with van der Waals surface area (Å²) in [5.41, 5.74) is 0. The molecule has 0 aromatic carbocycles. The summed E-state index contributed by atoms with van der Waals surface area (Å²) in [4.78, 5) is 32.7. The van der Waals surface area contributed by atoms with E-state index in [-0.39, 0.29) is 12.6 Å². The van der Waals surface area contributed by atoms with E-state index in [0.29, 0.717) is 6.54 Å². The Morgan fingerprint density at radius 2 is 1.67 bits per heavy atom. The van der Waals surface area contributed by atoms with Crippen molar-refractivity contribution in [1.82, 2.24) is 5.32 Å². The van der Waals surface area contributed by atoms with Crippen LogP contribution in [0.1, 0.15) is 20.8 Å². The van der Waals surface area contributed by atoms with E-state index in [1.165, 1.54) is 20.8 Å². The van der Waals surface area contributed by atoms with Crippen molar-refractivity contribution in [3.63, 3.8) is 0 Å². The Bertz CT molecular complexity index is 342. The lowest BCUT2D eigenvalue weighted by Crippen LogP contribution is -2.41. The molecule has 1 rings (SSSR count). The molecule has 0 aliphatic carbocycles. The Balaban J connectivity index is 2.63. The highest BCUT2D eigenvalue weighted by atomic mass is 16.6. The molecule has 0 aromatic rings. The molecule has 18 heavy (non-hydrogen) atoms. The van der Waals surface area contributed by atoms with Crippen molar-refractivity contribution in [1.29, 1.82) is 0 Å². The van der Waals surface area contributed by atoms with Crippen molar-refractivity contribution in [3.05, 3.63) is 0 Å². The number of rotatable bonds is 4. The summed E-state index contributed by atoms with van der Waals surface area (Å²) < 4.78 is 15.0. The molecule has 7 nitrogen and oxygen atoms in total. The molecular formula is C11H17NO6. The van der Waals surface area contributed by atoms with Crippen molar-refractivity contribution >= 4 is 17.9 Å². The van der Waals surface area contributed by atoms with Gasteiger partial charge in [-0.25, -0.2) is 0 Å². The fraction of sp³-hybridized carbons (Fsp3) is 0.727. The Kier molecular flexibility index (Phi) is 5.08. The van der Waals surface area contributed by atoms with Crippen molar-refractivity contribution in [2.24, 2.45) is 0 Å². The molecule has 3 atom stereocenters. The van der Waals surface area contributed by atoms with Crippen LogP contribution >= 0.6 is 0 Å². The van der Waals surface area contributed by atoms with E-state index in [2.05, 4.69) is 5.32 Å². The molecule has 1 N–H and O–H groups in total. The SMILES string of the molecule is CC(=O)OC[C@H]1NC[C@@H](OC(C)=O)[C@@H]1OC(C)=O. The molecular weight excluding hydrogens is 242 g/mol. The average Bonchev–Trinajstić information content (AvgIpc) is 2.57. The van der Waals surface area contributed by atoms with Gasteiger partial charge in [0.1, 0.15) is 6.61 Å². The Morgan fingerprint density at radius 3 is 2.17 bits per heavy atom. The van der Waals surface area contributed by atoms with E-state index >= 15 is 0 Å². The second-order valence-corrected chi connectivity index (χ2v) is 4.04. The van der Waals surface area contributed by atoms with Crippen LogP contribution in [0.3, 0.4) is 0 Å². The standard InChI is InChI=1S/C11H17NO6/c1-6(13)16-5-9-11(18-8(3)15)10(4-12-9)17-7(2)14/h9-12H,4-5H2,1-3H3/t9-,10-,11-/m1/s1. The van der Waals surface area contributed by atoms with Crippen LogP contribution in [0.25, 0.3) is 0 Å². The number of carbonyl (C=O) groups excluding carboxylic acids is 3. The monoisotopic (exact) mass is 259 g/mol. The van der Waals surface area contributed by atoms with Gasteiger partial charge in [0.25, 0.3) is 0 Å². The number of esters is 3. The van der Waals surface area contributed by atoms with Crippen LogP contribution in [-0.4, -0.2) is 49.3 Å². The minimum atomic E-state index is -0.647. The summed E-state index contributed by atoms with van der Waals surface area (Å²) in [6.07, 6.45) is -1.21. The van der Waals surface area contributed by atoms with Crippen LogP contribution < -0.4 is 5.32 Å². The van der Waals surface area contributed by atoms with Crippen molar-refractivity contribution in [2.45, 2.75) is 39.0 Å². The molecule has 0 spiro atoms. The van der Waals surface area contributed by atoms with Gasteiger partial charge in [0.15, 0.2) is 12.2 Å². The second kappa shape index (κ2) is 6.34. The summed E-state index contributed by atoms with van der Waals surface area (Å²) >= 11 is 0. The van der Waals surface area contributed by atoms with Gasteiger partial charge in [-0.15, -0.1) is 0 Å². The summed E-state index contributed by atoms with van der Waals surface area (Å²) in [5.74, 6) is -1.35. The normalized spacial score (nSPS) is 26.5. The van der Waals surface area contributed by atoms with Gasteiger partial charge in [0.2, 0.25) is 0 Å². The molecule has 1 saturated heterocycles. The number of carbonyl (C=O) groups is 3. The van der Waals surface area contributed by atoms with Crippen molar-refractivity contribution in [2.75, 3.05) is 13.2 Å². The Hall–Kier alpha value is -1.63. The molecule has 102 valence electrons. The van der Waals surface area contributed by atoms with Gasteiger partial charge in [0.05, 0.1) is 6.04 Å². The highest BCUT2D eigenvalue weighted by Crippen LogP contribution is 2.16. The molecule has 1 aliphatic rings. The lowest BCUT2D eigenvalue weighted by atomic mass is 10.1. The number of nitrogens with one attached hydrogen (secondary N) is 1. The van der Waals surface area contributed by atoms with Gasteiger partial charge >= 0.3 is 17.9 Å². The van der Waals surface area contributed by atoms with E-state index in [0.717, 1.165) is 0 Å². The largest absolute Gasteiger partial charge is 0.464 e. The first-order valence-corrected chi connectivity index (χ1v) is 5.61. The fourth-order valence-corrected chi connectivity index (χ4v) is 1.79. The predicted molar refractivity (Wildman–Crippen MR) is 59.5 cm³/mol. The first kappa shape index (κ1) is 14.4. The third kappa shape index (κ3) is 4.33. The predicted octanol–water partition coefficient (Wildman–Crippen LogP) is -0.615. The number of hydrogen-bond acceptors (Lipinski definition) is 7. The van der Waals surface area contributed by atoms with Gasteiger partial charge < -0.3 is 19.5 Å². The lowest BCUT2D eigenvalue weighted by Gasteiger charge is -2.22. The first-order valence-electron chi connectivity index (χ1n) is 5.61. The molecule has 0 unspecified atom stereocenters. The highest BCUT2D eigenvalue weighted by molar-refractivity contribution is 5.68. The number of hydrogen-bond donors (Lipinski definition) is 1. The van der Waals surface area contributed by atoms with Crippen molar-refractivity contribution < 1.29 is 28.6 Å². The summed E-state index contributed by atoms with van der Waals surface area (Å²) in [6, 6.07) is -0.373. The van der Waals surface area contributed by atoms with Crippen LogP contribution in [0.4, 0.5) is 0 Å². The van der Waals surface area contributed by atoms with E-state index < -0.39 is 30.1 Å². The zero-order valence-corrected chi connectivity index (χ0v) is 10.6. The van der Waals surface area contributed by atoms with Gasteiger partial charge in [-0.05, 0) is 0 Å². The maximum absolute atomic E-state index is 11.0. The summed E-state index contributed by atoms with van der Waals surface area (Å²) in [5, 5.41) is 2.99. The van der Waals surface area contributed by atoms with E-state index in [1.807, 2.05) is 0 Å². The third-order valence-corrected chi connectivity index (χ3v) is 2.43. The molecule has 0 saturated carbocycles. The first-order chi connectivity index (χ1) is 8.40. The molecule has 0 amide bonds. The van der Waals surface area contributed by atoms with E-state index in [1.54, 1.807) is 0 Å². The highest BCUT2D eigenvalue weighted by Gasteiger charge is 2.41. The van der Waals surface area contributed by atoms with Gasteiger partial charge in [-0.3, -0.25) is 14.4 Å². The third-order valence-electron chi connectivity index (χ3n) is 2.43. The smallest absolute Gasteiger partial charge is 0.303 e. The van der Waals surface area contributed by atoms with Crippen LogP contribution in [0.2, 0.25) is 0 Å². The zero-order valence-electron chi connectivity index (χ0n) is 10.6. The zero-order chi connectivity index (χ0) is 13.7. The Morgan fingerprint density at radius 1 is 1.06 bits per heavy atom. The van der Waals surface area contributed by atoms with Crippen molar-refractivity contribution in [3.8, 4) is 0 Å². The second-order valence-electron chi connectivity index (χ2n) is 4.04. The maximum Gasteiger partial charge on any atom is 0.303 e. The maximum atomic E-state index is 11.0. The fourth-order valence-electron chi connectivity index (χ4n) is 1.79. The van der Waals surface area contributed by atoms with Gasteiger partial charge in [-0.2, -0.15) is 0 Å². The quantitative estimate of drug-likeness (QED) is 0.531. The molecule has 1 heterocycles. The molecule has 1 fully saturated rings. The molecule has 0 radical (unpaired) electrons. The topological polar surface area (TPSA) is 90.9 Å². The van der Waals surface area contributed by atoms with Gasteiger partial charge in [0, 0.05) is 27.3 Å². The Labute approximate surface area is 105 Å². The van der Waals surface area contributed by atoms with E-state index in [9.17, 15) is 14.4 Å². The molecule has 1 aliphatic heterocycles. The minimum absolute atomic E-state index is 0.0606. The molecule has 7 heteroatoms. The molecule has 0 aromatic heterocycles. The molecule has 0 bridgehead atoms. The summed E-state index contributed by atoms with van der Waals surface area (Å²) in [7, 11) is 0. The van der Waals surface area contributed by atoms with Crippen LogP contribution in [0, 0.1) is 0 Å². The van der Waals surface area contributed by atoms with Gasteiger partial charge in [-0.1, -0.05) is 0 Å². The van der Waals surface area contributed by atoms with Crippen LogP contribution in [-0.2, 0) is 28.6 Å². The van der Waals surface area contributed by atoms with E-state index in [4.69, 9.17) is 14.2 Å². The summed E-state index contributed by atoms with van der Waals surface area (Å²) in [6.45, 7) is 4.25. The van der Waals surface area contributed by atoms with Crippen LogP contribution in [0.15, 0.2) is 0 Å².